The molecular weight excluding hydrogens is 466 g/mol. The van der Waals surface area contributed by atoms with E-state index in [1.54, 1.807) is 38.1 Å². The third-order valence-corrected chi connectivity index (χ3v) is 6.53. The van der Waals surface area contributed by atoms with Crippen LogP contribution in [0, 0.1) is 0 Å². The first kappa shape index (κ1) is 20.6. The summed E-state index contributed by atoms with van der Waals surface area (Å²) >= 11 is 4.56. The topological polar surface area (TPSA) is 97.2 Å². The maximum absolute atomic E-state index is 12.3. The molecule has 146 valence electrons. The van der Waals surface area contributed by atoms with E-state index < -0.39 is 14.9 Å². The van der Waals surface area contributed by atoms with Gasteiger partial charge in [0, 0.05) is 4.47 Å². The van der Waals surface area contributed by atoms with Crippen LogP contribution in [-0.4, -0.2) is 30.5 Å². The minimum atomic E-state index is -3.91. The van der Waals surface area contributed by atoms with Gasteiger partial charge in [-0.05, 0) is 67.9 Å². The Bertz CT molecular complexity index is 1050. The number of hydrogen-bond donors (Lipinski definition) is 1. The Kier molecular flexibility index (Phi) is 5.92. The highest BCUT2D eigenvalue weighted by Gasteiger charge is 2.38. The molecule has 1 N–H and O–H groups in total. The van der Waals surface area contributed by atoms with Crippen molar-refractivity contribution in [1.82, 2.24) is 5.32 Å². The average molecular weight is 482 g/mol. The zero-order chi connectivity index (χ0) is 20.4. The monoisotopic (exact) mass is 481 g/mol. The number of benzene rings is 2. The third-order valence-electron chi connectivity index (χ3n) is 3.66. The molecule has 28 heavy (non-hydrogen) atoms. The van der Waals surface area contributed by atoms with E-state index in [2.05, 4.69) is 31.4 Å². The molecule has 2 aromatic rings. The fourth-order valence-electron chi connectivity index (χ4n) is 2.14. The number of nitrogens with zero attached hydrogens (tertiary/aromatic N) is 2. The normalized spacial score (nSPS) is 17.8. The van der Waals surface area contributed by atoms with Crippen LogP contribution in [0.3, 0.4) is 0 Å². The van der Waals surface area contributed by atoms with Crippen molar-refractivity contribution >= 4 is 55.1 Å². The molecule has 10 heteroatoms. The highest BCUT2D eigenvalue weighted by Crippen LogP contribution is 2.30. The van der Waals surface area contributed by atoms with Gasteiger partial charge in [-0.15, -0.1) is 5.10 Å². The minimum Gasteiger partial charge on any atom is -0.379 e. The summed E-state index contributed by atoms with van der Waals surface area (Å²) in [5.41, 5.74) is 0.700. The van der Waals surface area contributed by atoms with Gasteiger partial charge in [-0.1, -0.05) is 27.7 Å². The first-order valence-electron chi connectivity index (χ1n) is 8.07. The van der Waals surface area contributed by atoms with Crippen molar-refractivity contribution < 1.29 is 17.4 Å². The summed E-state index contributed by atoms with van der Waals surface area (Å²) in [4.78, 5) is 11.7. The van der Waals surface area contributed by atoms with Crippen LogP contribution in [0.15, 0.2) is 68.1 Å². The van der Waals surface area contributed by atoms with Gasteiger partial charge in [0.1, 0.15) is 10.6 Å². The average Bonchev–Trinajstić information content (AvgIpc) is 2.88. The molecule has 1 saturated heterocycles. The van der Waals surface area contributed by atoms with E-state index in [-0.39, 0.29) is 16.6 Å². The van der Waals surface area contributed by atoms with Crippen molar-refractivity contribution in [3.63, 3.8) is 0 Å². The predicted octanol–water partition coefficient (Wildman–Crippen LogP) is 3.55. The molecule has 0 radical (unpaired) electrons. The Hall–Kier alpha value is -2.17. The third kappa shape index (κ3) is 5.00. The van der Waals surface area contributed by atoms with Crippen molar-refractivity contribution in [2.24, 2.45) is 10.2 Å². The van der Waals surface area contributed by atoms with Crippen LogP contribution in [0.25, 0.3) is 0 Å². The van der Waals surface area contributed by atoms with Crippen LogP contribution in [0.1, 0.15) is 19.4 Å². The van der Waals surface area contributed by atoms with Gasteiger partial charge in [-0.25, -0.2) is 0 Å². The Morgan fingerprint density at radius 3 is 2.32 bits per heavy atom. The molecular formula is C18H16BrN3O4S2. The van der Waals surface area contributed by atoms with Crippen LogP contribution in [0.5, 0.6) is 5.75 Å². The molecule has 0 unspecified atom stereocenters. The van der Waals surface area contributed by atoms with Gasteiger partial charge in [0.2, 0.25) is 5.91 Å². The molecule has 0 aromatic heterocycles. The first-order chi connectivity index (χ1) is 13.2. The van der Waals surface area contributed by atoms with E-state index in [0.29, 0.717) is 10.7 Å². The molecule has 0 bridgehead atoms. The lowest BCUT2D eigenvalue weighted by Gasteiger charge is -2.08. The molecule has 0 saturated carbocycles. The smallest absolute Gasteiger partial charge is 0.339 e. The van der Waals surface area contributed by atoms with Crippen molar-refractivity contribution in [1.29, 1.82) is 0 Å². The van der Waals surface area contributed by atoms with Gasteiger partial charge < -0.3 is 9.50 Å². The SMILES string of the molecule is CC1(C)S/C(=N\N=C/c2ccc(OS(=O)(=O)c3ccc(Br)cc3)cc2)NC1=O. The number of amides is 1. The molecule has 1 heterocycles. The zero-order valence-electron chi connectivity index (χ0n) is 14.9. The van der Waals surface area contributed by atoms with Crippen molar-refractivity contribution in [2.75, 3.05) is 0 Å². The molecule has 0 atom stereocenters. The molecule has 2 aromatic carbocycles. The summed E-state index contributed by atoms with van der Waals surface area (Å²) in [5, 5.41) is 11.0. The number of thioether (sulfide) groups is 1. The summed E-state index contributed by atoms with van der Waals surface area (Å²) in [5.74, 6) is 0.0756. The highest BCUT2D eigenvalue weighted by molar-refractivity contribution is 9.10. The predicted molar refractivity (Wildman–Crippen MR) is 113 cm³/mol. The molecule has 1 aliphatic rings. The van der Waals surface area contributed by atoms with Gasteiger partial charge >= 0.3 is 10.1 Å². The number of hydrogen-bond acceptors (Lipinski definition) is 7. The molecule has 0 spiro atoms. The fraction of sp³-hybridized carbons (Fsp3) is 0.167. The van der Waals surface area contributed by atoms with E-state index in [0.717, 1.165) is 4.47 Å². The van der Waals surface area contributed by atoms with Crippen molar-refractivity contribution in [2.45, 2.75) is 23.5 Å². The van der Waals surface area contributed by atoms with Crippen LogP contribution < -0.4 is 9.50 Å². The van der Waals surface area contributed by atoms with Crippen LogP contribution in [-0.2, 0) is 14.9 Å². The molecule has 3 rings (SSSR count). The lowest BCUT2D eigenvalue weighted by Crippen LogP contribution is -2.30. The summed E-state index contributed by atoms with van der Waals surface area (Å²) in [6, 6.07) is 12.5. The van der Waals surface area contributed by atoms with Gasteiger partial charge in [-0.2, -0.15) is 13.5 Å². The summed E-state index contributed by atoms with van der Waals surface area (Å²) < 4.78 is 29.9. The van der Waals surface area contributed by atoms with E-state index >= 15 is 0 Å². The largest absolute Gasteiger partial charge is 0.379 e. The molecule has 1 amide bonds. The Morgan fingerprint density at radius 2 is 1.75 bits per heavy atom. The van der Waals surface area contributed by atoms with E-state index in [4.69, 9.17) is 4.18 Å². The zero-order valence-corrected chi connectivity index (χ0v) is 18.1. The molecule has 1 fully saturated rings. The van der Waals surface area contributed by atoms with Crippen molar-refractivity contribution in [3.05, 3.63) is 58.6 Å². The number of carbonyl (C=O) groups excluding carboxylic acids is 1. The Labute approximate surface area is 175 Å². The lowest BCUT2D eigenvalue weighted by atomic mass is 10.2. The van der Waals surface area contributed by atoms with E-state index in [1.807, 2.05) is 0 Å². The number of halogens is 1. The summed E-state index contributed by atoms with van der Waals surface area (Å²) in [6.45, 7) is 3.61. The standard InChI is InChI=1S/C18H16BrN3O4S2/c1-18(2)16(23)21-17(27-18)22-20-11-12-3-7-14(8-4-12)26-28(24,25)15-9-5-13(19)6-10-15/h3-11H,1-2H3,(H,21,22,23)/b20-11-. The maximum Gasteiger partial charge on any atom is 0.339 e. The minimum absolute atomic E-state index is 0.0659. The van der Waals surface area contributed by atoms with E-state index in [1.165, 1.54) is 42.2 Å². The van der Waals surface area contributed by atoms with Gasteiger partial charge in [0.25, 0.3) is 0 Å². The second kappa shape index (κ2) is 8.06. The first-order valence-corrected chi connectivity index (χ1v) is 11.1. The Morgan fingerprint density at radius 1 is 1.11 bits per heavy atom. The quantitative estimate of drug-likeness (QED) is 0.400. The number of amidine groups is 1. The van der Waals surface area contributed by atoms with Gasteiger partial charge in [0.15, 0.2) is 5.17 Å². The van der Waals surface area contributed by atoms with Gasteiger partial charge in [-0.3, -0.25) is 4.79 Å². The Balaban J connectivity index is 1.65. The molecule has 1 aliphatic heterocycles. The van der Waals surface area contributed by atoms with Gasteiger partial charge in [0.05, 0.1) is 11.0 Å². The number of rotatable bonds is 5. The van der Waals surface area contributed by atoms with Crippen LogP contribution in [0.2, 0.25) is 0 Å². The summed E-state index contributed by atoms with van der Waals surface area (Å²) in [7, 11) is -3.91. The number of carbonyl (C=O) groups is 1. The highest BCUT2D eigenvalue weighted by atomic mass is 79.9. The molecule has 7 nitrogen and oxygen atoms in total. The fourth-order valence-corrected chi connectivity index (χ4v) is 4.19. The maximum atomic E-state index is 12.3. The van der Waals surface area contributed by atoms with Crippen LogP contribution in [0.4, 0.5) is 0 Å². The van der Waals surface area contributed by atoms with E-state index in [9.17, 15) is 13.2 Å². The second-order valence-corrected chi connectivity index (χ2v) is 10.4. The van der Waals surface area contributed by atoms with Crippen LogP contribution >= 0.6 is 27.7 Å². The molecule has 0 aliphatic carbocycles. The number of nitrogens with one attached hydrogen (secondary N) is 1. The van der Waals surface area contributed by atoms with Crippen molar-refractivity contribution in [3.8, 4) is 5.75 Å². The second-order valence-electron chi connectivity index (χ2n) is 6.28. The summed E-state index contributed by atoms with van der Waals surface area (Å²) in [6.07, 6.45) is 1.50. The lowest BCUT2D eigenvalue weighted by molar-refractivity contribution is -0.120.